The molecule has 0 aromatic heterocycles. The van der Waals surface area contributed by atoms with Gasteiger partial charge >= 0.3 is 0 Å². The maximum absolute atomic E-state index is 2.30. The Labute approximate surface area is 134 Å². The van der Waals surface area contributed by atoms with E-state index in [1.54, 1.807) is 0 Å². The molecule has 0 heterocycles. The van der Waals surface area contributed by atoms with Crippen molar-refractivity contribution in [2.24, 2.45) is 0 Å². The second-order valence-corrected chi connectivity index (χ2v) is 6.56. The molecule has 0 aliphatic heterocycles. The Morgan fingerprint density at radius 2 is 1.26 bits per heavy atom. The van der Waals surface area contributed by atoms with Crippen LogP contribution in [0.4, 0.5) is 0 Å². The van der Waals surface area contributed by atoms with Gasteiger partial charge in [-0.1, -0.05) is 72.8 Å². The summed E-state index contributed by atoms with van der Waals surface area (Å²) in [7, 11) is 0. The van der Waals surface area contributed by atoms with E-state index in [1.807, 2.05) is 0 Å². The highest BCUT2D eigenvalue weighted by Crippen LogP contribution is 2.48. The first-order chi connectivity index (χ1) is 11.4. The van der Waals surface area contributed by atoms with E-state index in [1.165, 1.54) is 54.6 Å². The molecule has 23 heavy (non-hydrogen) atoms. The zero-order valence-corrected chi connectivity index (χ0v) is 12.6. The van der Waals surface area contributed by atoms with Crippen LogP contribution in [0.3, 0.4) is 0 Å². The third kappa shape index (κ3) is 1.33. The minimum Gasteiger partial charge on any atom is -0.0619 e. The topological polar surface area (TPSA) is 0 Å². The van der Waals surface area contributed by atoms with Gasteiger partial charge in [0.15, 0.2) is 0 Å². The molecule has 106 valence electrons. The van der Waals surface area contributed by atoms with Crippen LogP contribution in [-0.2, 0) is 6.42 Å². The summed E-state index contributed by atoms with van der Waals surface area (Å²) in [6, 6.07) is 26.9. The van der Waals surface area contributed by atoms with Crippen LogP contribution in [0.15, 0.2) is 72.8 Å². The molecule has 0 N–H and O–H groups in total. The Bertz CT molecular complexity index is 1230. The molecule has 0 fully saturated rings. The molecule has 0 spiro atoms. The van der Waals surface area contributed by atoms with Crippen LogP contribution >= 0.6 is 0 Å². The molecule has 6 rings (SSSR count). The minimum absolute atomic E-state index is 1.05. The molecular weight excluding hydrogens is 276 g/mol. The Kier molecular flexibility index (Phi) is 1.98. The number of fused-ring (bicyclic) bond motifs is 5. The summed E-state index contributed by atoms with van der Waals surface area (Å²) in [5.41, 5.74) is 5.83. The Morgan fingerprint density at radius 3 is 2.09 bits per heavy atom. The van der Waals surface area contributed by atoms with Crippen molar-refractivity contribution in [1.82, 2.24) is 0 Å². The van der Waals surface area contributed by atoms with Crippen LogP contribution in [0, 0.1) is 0 Å². The third-order valence-corrected chi connectivity index (χ3v) is 5.44. The van der Waals surface area contributed by atoms with Gasteiger partial charge in [0, 0.05) is 0 Å². The van der Waals surface area contributed by atoms with E-state index >= 15 is 0 Å². The van der Waals surface area contributed by atoms with E-state index in [4.69, 9.17) is 0 Å². The number of hydrogen-bond acceptors (Lipinski definition) is 0. The molecule has 5 aromatic carbocycles. The van der Waals surface area contributed by atoms with Gasteiger partial charge in [-0.15, -0.1) is 0 Å². The highest BCUT2D eigenvalue weighted by atomic mass is 14.3. The van der Waals surface area contributed by atoms with E-state index in [0.717, 1.165) is 6.42 Å². The van der Waals surface area contributed by atoms with Crippen molar-refractivity contribution >= 4 is 32.3 Å². The molecule has 0 atom stereocenters. The summed E-state index contributed by atoms with van der Waals surface area (Å²) in [5.74, 6) is 0. The van der Waals surface area contributed by atoms with Gasteiger partial charge in [0.05, 0.1) is 0 Å². The SMILES string of the molecule is c1ccc2c(c1)Cc1c-2c2cccc3ccc4cccc1c4c32. The van der Waals surface area contributed by atoms with Crippen LogP contribution in [0.5, 0.6) is 0 Å². The zero-order valence-electron chi connectivity index (χ0n) is 12.6. The van der Waals surface area contributed by atoms with E-state index in [0.29, 0.717) is 0 Å². The first kappa shape index (κ1) is 11.7. The monoisotopic (exact) mass is 290 g/mol. The minimum atomic E-state index is 1.05. The van der Waals surface area contributed by atoms with Crippen LogP contribution < -0.4 is 0 Å². The fourth-order valence-corrected chi connectivity index (χ4v) is 4.51. The zero-order chi connectivity index (χ0) is 15.0. The summed E-state index contributed by atoms with van der Waals surface area (Å²) in [5, 5.41) is 8.40. The summed E-state index contributed by atoms with van der Waals surface area (Å²) >= 11 is 0. The van der Waals surface area contributed by atoms with Crippen LogP contribution in [0.2, 0.25) is 0 Å². The predicted octanol–water partition coefficient (Wildman–Crippen LogP) is 6.16. The van der Waals surface area contributed by atoms with E-state index < -0.39 is 0 Å². The molecule has 0 saturated heterocycles. The lowest BCUT2D eigenvalue weighted by atomic mass is 9.87. The van der Waals surface area contributed by atoms with Gasteiger partial charge in [0.2, 0.25) is 0 Å². The quantitative estimate of drug-likeness (QED) is 0.294. The van der Waals surface area contributed by atoms with E-state index in [-0.39, 0.29) is 0 Å². The van der Waals surface area contributed by atoms with Crippen molar-refractivity contribution in [3.63, 3.8) is 0 Å². The van der Waals surface area contributed by atoms with Crippen LogP contribution in [0.1, 0.15) is 11.1 Å². The Balaban J connectivity index is 1.99. The first-order valence-electron chi connectivity index (χ1n) is 8.18. The van der Waals surface area contributed by atoms with E-state index in [9.17, 15) is 0 Å². The largest absolute Gasteiger partial charge is 0.0619 e. The molecule has 0 bridgehead atoms. The smallest absolute Gasteiger partial charge is 0.000705 e. The maximum atomic E-state index is 2.30. The number of rotatable bonds is 0. The van der Waals surface area contributed by atoms with E-state index in [2.05, 4.69) is 72.8 Å². The van der Waals surface area contributed by atoms with Crippen LogP contribution in [0.25, 0.3) is 43.4 Å². The molecule has 0 nitrogen and oxygen atoms in total. The highest BCUT2D eigenvalue weighted by molar-refractivity contribution is 6.28. The van der Waals surface area contributed by atoms with Crippen molar-refractivity contribution in [2.75, 3.05) is 0 Å². The lowest BCUT2D eigenvalue weighted by molar-refractivity contribution is 1.29. The molecule has 0 radical (unpaired) electrons. The van der Waals surface area contributed by atoms with Gasteiger partial charge in [0.1, 0.15) is 0 Å². The van der Waals surface area contributed by atoms with Gasteiger partial charge < -0.3 is 0 Å². The molecule has 1 aliphatic carbocycles. The van der Waals surface area contributed by atoms with Crippen molar-refractivity contribution in [3.05, 3.63) is 83.9 Å². The Morgan fingerprint density at radius 1 is 0.565 bits per heavy atom. The van der Waals surface area contributed by atoms with Crippen molar-refractivity contribution in [2.45, 2.75) is 6.42 Å². The predicted molar refractivity (Wildman–Crippen MR) is 98.4 cm³/mol. The fourth-order valence-electron chi connectivity index (χ4n) is 4.51. The lowest BCUT2D eigenvalue weighted by Crippen LogP contribution is -1.90. The molecular formula is C23H14. The average molecular weight is 290 g/mol. The molecule has 0 unspecified atom stereocenters. The van der Waals surface area contributed by atoms with Gasteiger partial charge in [0.25, 0.3) is 0 Å². The average Bonchev–Trinajstić information content (AvgIpc) is 3.00. The van der Waals surface area contributed by atoms with Crippen molar-refractivity contribution < 1.29 is 0 Å². The van der Waals surface area contributed by atoms with Crippen LogP contribution in [-0.4, -0.2) is 0 Å². The number of hydrogen-bond donors (Lipinski definition) is 0. The van der Waals surface area contributed by atoms with Gasteiger partial charge in [-0.25, -0.2) is 0 Å². The second-order valence-electron chi connectivity index (χ2n) is 6.56. The molecule has 0 saturated carbocycles. The summed E-state index contributed by atoms with van der Waals surface area (Å²) in [6.45, 7) is 0. The Hall–Kier alpha value is -2.86. The van der Waals surface area contributed by atoms with Crippen molar-refractivity contribution in [3.8, 4) is 11.1 Å². The lowest BCUT2D eigenvalue weighted by Gasteiger charge is -2.16. The summed E-state index contributed by atoms with van der Waals surface area (Å²) in [4.78, 5) is 0. The van der Waals surface area contributed by atoms with Gasteiger partial charge in [-0.2, -0.15) is 0 Å². The van der Waals surface area contributed by atoms with Gasteiger partial charge in [-0.3, -0.25) is 0 Å². The standard InChI is InChI=1S/C23H14/c1-2-8-17-16(5-1)13-20-18-9-3-6-14-11-12-15-7-4-10-19(23(17)20)22(15)21(14)18/h1-12H,13H2. The molecule has 1 aliphatic rings. The second kappa shape index (κ2) is 3.91. The summed E-state index contributed by atoms with van der Waals surface area (Å²) < 4.78 is 0. The third-order valence-electron chi connectivity index (χ3n) is 5.44. The molecule has 5 aromatic rings. The van der Waals surface area contributed by atoms with Crippen molar-refractivity contribution in [1.29, 1.82) is 0 Å². The summed E-state index contributed by atoms with van der Waals surface area (Å²) in [6.07, 6.45) is 1.05. The normalized spacial score (nSPS) is 13.0. The number of benzene rings is 5. The first-order valence-corrected chi connectivity index (χ1v) is 8.18. The van der Waals surface area contributed by atoms with Gasteiger partial charge in [-0.05, 0) is 61.0 Å². The molecule has 0 heteroatoms. The fraction of sp³-hybridized carbons (Fsp3) is 0.0435. The maximum Gasteiger partial charge on any atom is -0.000705 e. The highest BCUT2D eigenvalue weighted by Gasteiger charge is 2.24. The molecule has 0 amide bonds.